The summed E-state index contributed by atoms with van der Waals surface area (Å²) in [4.78, 5) is 18.0. The summed E-state index contributed by atoms with van der Waals surface area (Å²) in [6.45, 7) is 0. The number of halogens is 1. The molecule has 0 radical (unpaired) electrons. The summed E-state index contributed by atoms with van der Waals surface area (Å²) in [5.74, 6) is -0.856. The number of aromatic nitrogens is 2. The lowest BCUT2D eigenvalue weighted by Gasteiger charge is -1.98. The first-order valence-electron chi connectivity index (χ1n) is 2.95. The molecule has 0 amide bonds. The largest absolute Gasteiger partial charge is 0.491 e. The van der Waals surface area contributed by atoms with Crippen molar-refractivity contribution in [2.24, 2.45) is 0 Å². The molecule has 0 aliphatic heterocycles. The molecule has 0 atom stereocenters. The summed E-state index contributed by atoms with van der Waals surface area (Å²) >= 11 is 2.91. The van der Waals surface area contributed by atoms with Gasteiger partial charge in [0.2, 0.25) is 5.88 Å². The van der Waals surface area contributed by atoms with Gasteiger partial charge in [0, 0.05) is 0 Å². The predicted octanol–water partition coefficient (Wildman–Crippen LogP) is 0.731. The molecule has 12 heavy (non-hydrogen) atoms. The molecular weight excluding hydrogens is 228 g/mol. The molecule has 64 valence electrons. The highest BCUT2D eigenvalue weighted by Crippen LogP contribution is 2.17. The van der Waals surface area contributed by atoms with Crippen LogP contribution < -0.4 is 0 Å². The molecule has 0 saturated heterocycles. The van der Waals surface area contributed by atoms with Crippen LogP contribution in [0.1, 0.15) is 10.5 Å². The second-order valence-corrected chi connectivity index (χ2v) is 2.61. The molecule has 0 spiro atoms. The summed E-state index contributed by atoms with van der Waals surface area (Å²) < 4.78 is 4.50. The van der Waals surface area contributed by atoms with Crippen molar-refractivity contribution in [3.8, 4) is 5.88 Å². The number of nitrogens with zero attached hydrogens (tertiary/aromatic N) is 2. The minimum Gasteiger partial charge on any atom is -0.491 e. The first-order chi connectivity index (χ1) is 5.65. The SMILES string of the molecule is COC(=O)c1cnc(O)c(Br)n1. The number of hydrogen-bond acceptors (Lipinski definition) is 5. The minimum absolute atomic E-state index is 0.0437. The van der Waals surface area contributed by atoms with E-state index in [1.54, 1.807) is 0 Å². The van der Waals surface area contributed by atoms with Crippen molar-refractivity contribution in [1.29, 1.82) is 0 Å². The number of methoxy groups -OCH3 is 1. The van der Waals surface area contributed by atoms with E-state index >= 15 is 0 Å². The molecule has 1 N–H and O–H groups in total. The average molecular weight is 233 g/mol. The Labute approximate surface area is 76.5 Å². The fourth-order valence-corrected chi connectivity index (χ4v) is 0.856. The van der Waals surface area contributed by atoms with Crippen LogP contribution in [0.5, 0.6) is 5.88 Å². The Bertz CT molecular complexity index is 316. The fraction of sp³-hybridized carbons (Fsp3) is 0.167. The summed E-state index contributed by atoms with van der Waals surface area (Å²) in [6.07, 6.45) is 1.13. The maximum Gasteiger partial charge on any atom is 0.358 e. The third kappa shape index (κ3) is 1.70. The van der Waals surface area contributed by atoms with Gasteiger partial charge in [-0.15, -0.1) is 0 Å². The minimum atomic E-state index is -0.594. The van der Waals surface area contributed by atoms with E-state index in [9.17, 15) is 4.79 Å². The zero-order valence-corrected chi connectivity index (χ0v) is 7.70. The predicted molar refractivity (Wildman–Crippen MR) is 42.7 cm³/mol. The van der Waals surface area contributed by atoms with Gasteiger partial charge < -0.3 is 9.84 Å². The Morgan fingerprint density at radius 3 is 2.92 bits per heavy atom. The summed E-state index contributed by atoms with van der Waals surface area (Å²) in [6, 6.07) is 0. The molecule has 0 aromatic carbocycles. The van der Waals surface area contributed by atoms with Crippen molar-refractivity contribution in [2.45, 2.75) is 0 Å². The van der Waals surface area contributed by atoms with Gasteiger partial charge in [0.15, 0.2) is 10.3 Å². The van der Waals surface area contributed by atoms with Gasteiger partial charge in [-0.1, -0.05) is 0 Å². The van der Waals surface area contributed by atoms with Gasteiger partial charge >= 0.3 is 5.97 Å². The molecule has 0 aliphatic carbocycles. The molecule has 0 unspecified atom stereocenters. The topological polar surface area (TPSA) is 72.3 Å². The van der Waals surface area contributed by atoms with Crippen LogP contribution in [0.2, 0.25) is 0 Å². The first kappa shape index (κ1) is 8.92. The zero-order chi connectivity index (χ0) is 9.14. The molecule has 0 aliphatic rings. The third-order valence-corrected chi connectivity index (χ3v) is 1.64. The van der Waals surface area contributed by atoms with Gasteiger partial charge in [0.1, 0.15) is 0 Å². The molecule has 0 bridgehead atoms. The highest BCUT2D eigenvalue weighted by molar-refractivity contribution is 9.10. The maximum atomic E-state index is 10.8. The lowest BCUT2D eigenvalue weighted by molar-refractivity contribution is 0.0593. The Hall–Kier alpha value is -1.17. The zero-order valence-electron chi connectivity index (χ0n) is 6.11. The van der Waals surface area contributed by atoms with Crippen molar-refractivity contribution in [3.05, 3.63) is 16.5 Å². The molecular formula is C6H5BrN2O3. The smallest absolute Gasteiger partial charge is 0.358 e. The van der Waals surface area contributed by atoms with E-state index in [1.165, 1.54) is 7.11 Å². The van der Waals surface area contributed by atoms with Crippen LogP contribution in [0, 0.1) is 0 Å². The van der Waals surface area contributed by atoms with Crippen LogP contribution >= 0.6 is 15.9 Å². The normalized spacial score (nSPS) is 9.50. The highest BCUT2D eigenvalue weighted by Gasteiger charge is 2.10. The third-order valence-electron chi connectivity index (χ3n) is 1.11. The number of hydrogen-bond donors (Lipinski definition) is 1. The molecule has 6 heteroatoms. The molecule has 1 heterocycles. The second kappa shape index (κ2) is 3.48. The van der Waals surface area contributed by atoms with Crippen molar-refractivity contribution in [3.63, 3.8) is 0 Å². The Morgan fingerprint density at radius 1 is 1.75 bits per heavy atom. The van der Waals surface area contributed by atoms with Gasteiger partial charge in [-0.05, 0) is 15.9 Å². The molecule has 0 fully saturated rings. The second-order valence-electron chi connectivity index (χ2n) is 1.86. The van der Waals surface area contributed by atoms with Crippen molar-refractivity contribution in [1.82, 2.24) is 9.97 Å². The number of esters is 1. The molecule has 1 rings (SSSR count). The Kier molecular flexibility index (Phi) is 2.59. The van der Waals surface area contributed by atoms with Gasteiger partial charge in [0.25, 0.3) is 0 Å². The Morgan fingerprint density at radius 2 is 2.42 bits per heavy atom. The molecule has 1 aromatic rings. The van der Waals surface area contributed by atoms with Crippen LogP contribution in [0.4, 0.5) is 0 Å². The first-order valence-corrected chi connectivity index (χ1v) is 3.74. The summed E-state index contributed by atoms with van der Waals surface area (Å²) in [7, 11) is 1.24. The number of carbonyl (C=O) groups excluding carboxylic acids is 1. The lowest BCUT2D eigenvalue weighted by Crippen LogP contribution is -2.04. The number of rotatable bonds is 1. The van der Waals surface area contributed by atoms with Gasteiger partial charge in [-0.3, -0.25) is 0 Å². The van der Waals surface area contributed by atoms with Gasteiger partial charge in [-0.25, -0.2) is 14.8 Å². The highest BCUT2D eigenvalue weighted by atomic mass is 79.9. The van der Waals surface area contributed by atoms with Gasteiger partial charge in [-0.2, -0.15) is 0 Å². The lowest BCUT2D eigenvalue weighted by atomic mass is 10.5. The van der Waals surface area contributed by atoms with Crippen molar-refractivity contribution in [2.75, 3.05) is 7.11 Å². The van der Waals surface area contributed by atoms with E-state index in [0.717, 1.165) is 6.20 Å². The van der Waals surface area contributed by atoms with E-state index in [-0.39, 0.29) is 16.2 Å². The van der Waals surface area contributed by atoms with E-state index < -0.39 is 5.97 Å². The molecule has 5 nitrogen and oxygen atoms in total. The van der Waals surface area contributed by atoms with Crippen molar-refractivity contribution < 1.29 is 14.6 Å². The Balaban J connectivity index is 3.05. The van der Waals surface area contributed by atoms with Crippen LogP contribution in [-0.2, 0) is 4.74 Å². The summed E-state index contributed by atoms with van der Waals surface area (Å²) in [5.41, 5.74) is 0.0437. The van der Waals surface area contributed by atoms with E-state index in [4.69, 9.17) is 5.11 Å². The van der Waals surface area contributed by atoms with Crippen LogP contribution in [0.25, 0.3) is 0 Å². The average Bonchev–Trinajstić information content (AvgIpc) is 2.08. The van der Waals surface area contributed by atoms with Gasteiger partial charge in [0.05, 0.1) is 13.3 Å². The number of carbonyl (C=O) groups is 1. The monoisotopic (exact) mass is 232 g/mol. The van der Waals surface area contributed by atoms with E-state index in [1.807, 2.05) is 0 Å². The van der Waals surface area contributed by atoms with Crippen LogP contribution in [0.15, 0.2) is 10.8 Å². The standard InChI is InChI=1S/C6H5BrN2O3/c1-12-6(11)3-2-8-5(10)4(7)9-3/h2H,1H3,(H,8,10). The quantitative estimate of drug-likeness (QED) is 0.724. The fourth-order valence-electron chi connectivity index (χ4n) is 0.563. The maximum absolute atomic E-state index is 10.8. The van der Waals surface area contributed by atoms with E-state index in [2.05, 4.69) is 30.6 Å². The number of aromatic hydroxyl groups is 1. The molecule has 0 saturated carbocycles. The van der Waals surface area contributed by atoms with Crippen LogP contribution in [0.3, 0.4) is 0 Å². The number of ether oxygens (including phenoxy) is 1. The van der Waals surface area contributed by atoms with Crippen LogP contribution in [-0.4, -0.2) is 28.2 Å². The summed E-state index contributed by atoms with van der Waals surface area (Å²) in [5, 5.41) is 8.93. The van der Waals surface area contributed by atoms with Crippen molar-refractivity contribution >= 4 is 21.9 Å². The van der Waals surface area contributed by atoms with E-state index in [0.29, 0.717) is 0 Å². The molecule has 1 aromatic heterocycles.